The van der Waals surface area contributed by atoms with Crippen LogP contribution in [-0.2, 0) is 4.74 Å². The van der Waals surface area contributed by atoms with Crippen LogP contribution in [0.4, 0.5) is 0 Å². The number of hydrogen-bond acceptors (Lipinski definition) is 2. The summed E-state index contributed by atoms with van der Waals surface area (Å²) >= 11 is 0. The molecule has 0 amide bonds. The summed E-state index contributed by atoms with van der Waals surface area (Å²) in [4.78, 5) is 0. The molecule has 0 aliphatic heterocycles. The molecule has 2 heteroatoms. The summed E-state index contributed by atoms with van der Waals surface area (Å²) in [7, 11) is 0. The summed E-state index contributed by atoms with van der Waals surface area (Å²) in [6.45, 7) is 8.46. The second-order valence-corrected chi connectivity index (χ2v) is 9.94. The lowest BCUT2D eigenvalue weighted by Crippen LogP contribution is -2.52. The molecule has 0 heterocycles. The lowest BCUT2D eigenvalue weighted by molar-refractivity contribution is -0.180. The molecular formula is C26H36O2. The van der Waals surface area contributed by atoms with Crippen molar-refractivity contribution in [3.63, 3.8) is 0 Å². The molecule has 0 N–H and O–H groups in total. The molecule has 4 aliphatic carbocycles. The van der Waals surface area contributed by atoms with Gasteiger partial charge >= 0.3 is 0 Å². The van der Waals surface area contributed by atoms with Crippen molar-refractivity contribution in [2.45, 2.75) is 84.0 Å². The zero-order chi connectivity index (χ0) is 19.7. The van der Waals surface area contributed by atoms with Crippen LogP contribution < -0.4 is 4.74 Å². The van der Waals surface area contributed by atoms with Gasteiger partial charge in [-0.1, -0.05) is 30.3 Å². The summed E-state index contributed by atoms with van der Waals surface area (Å²) in [5.41, 5.74) is 0.322. The first kappa shape index (κ1) is 19.8. The fourth-order valence-corrected chi connectivity index (χ4v) is 6.19. The first-order chi connectivity index (χ1) is 13.4. The molecule has 2 aromatic carbocycles. The fourth-order valence-electron chi connectivity index (χ4n) is 6.19. The topological polar surface area (TPSA) is 18.5 Å². The van der Waals surface area contributed by atoms with Crippen LogP contribution in [-0.4, -0.2) is 17.8 Å². The lowest BCUT2D eigenvalue weighted by Gasteiger charge is -2.56. The second kappa shape index (κ2) is 8.06. The second-order valence-electron chi connectivity index (χ2n) is 9.94. The van der Waals surface area contributed by atoms with Crippen LogP contribution in [0.2, 0.25) is 0 Å². The Morgan fingerprint density at radius 2 is 1.32 bits per heavy atom. The minimum atomic E-state index is 0.233. The van der Waals surface area contributed by atoms with E-state index in [0.29, 0.717) is 11.7 Å². The molecule has 2 aromatic rings. The number of fused-ring (bicyclic) bond motifs is 1. The van der Waals surface area contributed by atoms with Gasteiger partial charge < -0.3 is 9.47 Å². The van der Waals surface area contributed by atoms with Gasteiger partial charge in [0.15, 0.2) is 0 Å². The van der Waals surface area contributed by atoms with Crippen molar-refractivity contribution in [2.75, 3.05) is 0 Å². The van der Waals surface area contributed by atoms with Gasteiger partial charge in [0, 0.05) is 0 Å². The van der Waals surface area contributed by atoms with E-state index >= 15 is 0 Å². The summed E-state index contributed by atoms with van der Waals surface area (Å²) in [6.07, 6.45) is 9.32. The largest absolute Gasteiger partial charge is 0.491 e. The maximum atomic E-state index is 6.25. The molecule has 4 fully saturated rings. The third-order valence-corrected chi connectivity index (χ3v) is 6.56. The maximum absolute atomic E-state index is 6.25. The summed E-state index contributed by atoms with van der Waals surface area (Å²) in [6, 6.07) is 14.5. The molecule has 0 unspecified atom stereocenters. The Kier molecular flexibility index (Phi) is 5.69. The van der Waals surface area contributed by atoms with Crippen molar-refractivity contribution < 1.29 is 9.47 Å². The minimum Gasteiger partial charge on any atom is -0.491 e. The molecule has 2 nitrogen and oxygen atoms in total. The van der Waals surface area contributed by atoms with Crippen LogP contribution in [0.15, 0.2) is 42.5 Å². The van der Waals surface area contributed by atoms with Gasteiger partial charge in [0.05, 0.1) is 17.8 Å². The Morgan fingerprint density at radius 1 is 0.750 bits per heavy atom. The number of benzene rings is 2. The smallest absolute Gasteiger partial charge is 0.120 e. The standard InChI is InChI=1S/C13H22O.C13H14O/c1-9(2)14-13-6-10-3-11(7-13)5-12(4-10)8-13;1-10(2)14-13-8-7-11-5-3-4-6-12(11)9-13/h9-12H,3-8H2,1-2H3;3-10H,1-2H3. The van der Waals surface area contributed by atoms with E-state index in [1.165, 1.54) is 49.3 Å². The maximum Gasteiger partial charge on any atom is 0.120 e. The van der Waals surface area contributed by atoms with Crippen LogP contribution >= 0.6 is 0 Å². The average Bonchev–Trinajstić information content (AvgIpc) is 2.59. The molecule has 28 heavy (non-hydrogen) atoms. The SMILES string of the molecule is CC(C)OC12CC3CC(CC(C3)C1)C2.CC(C)Oc1ccc2ccccc2c1. The van der Waals surface area contributed by atoms with Crippen molar-refractivity contribution in [1.29, 1.82) is 0 Å². The van der Waals surface area contributed by atoms with E-state index < -0.39 is 0 Å². The molecule has 4 bridgehead atoms. The van der Waals surface area contributed by atoms with Crippen molar-refractivity contribution >= 4 is 10.8 Å². The van der Waals surface area contributed by atoms with E-state index in [2.05, 4.69) is 38.1 Å². The average molecular weight is 381 g/mol. The van der Waals surface area contributed by atoms with Gasteiger partial charge in [-0.05, 0) is 107 Å². The van der Waals surface area contributed by atoms with Gasteiger partial charge in [0.25, 0.3) is 0 Å². The molecule has 4 aliphatic rings. The van der Waals surface area contributed by atoms with Crippen molar-refractivity contribution in [1.82, 2.24) is 0 Å². The Labute approximate surface area is 170 Å². The van der Waals surface area contributed by atoms with Crippen LogP contribution in [0.3, 0.4) is 0 Å². The lowest BCUT2D eigenvalue weighted by atomic mass is 9.54. The zero-order valence-electron chi connectivity index (χ0n) is 18.0. The Balaban J connectivity index is 0.000000137. The van der Waals surface area contributed by atoms with Crippen molar-refractivity contribution in [2.24, 2.45) is 17.8 Å². The monoisotopic (exact) mass is 380 g/mol. The molecule has 0 atom stereocenters. The predicted octanol–water partition coefficient (Wildman–Crippen LogP) is 7.01. The van der Waals surface area contributed by atoms with E-state index in [1.54, 1.807) is 0 Å². The Morgan fingerprint density at radius 3 is 1.86 bits per heavy atom. The van der Waals surface area contributed by atoms with Gasteiger partial charge in [0.1, 0.15) is 5.75 Å². The van der Waals surface area contributed by atoms with Crippen molar-refractivity contribution in [3.8, 4) is 5.75 Å². The summed E-state index contributed by atoms with van der Waals surface area (Å²) < 4.78 is 11.9. The fraction of sp³-hybridized carbons (Fsp3) is 0.615. The van der Waals surface area contributed by atoms with Crippen LogP contribution in [0.5, 0.6) is 5.75 Å². The minimum absolute atomic E-state index is 0.233. The highest BCUT2D eigenvalue weighted by molar-refractivity contribution is 5.83. The van der Waals surface area contributed by atoms with E-state index in [-0.39, 0.29) is 6.10 Å². The van der Waals surface area contributed by atoms with Gasteiger partial charge in [-0.3, -0.25) is 0 Å². The molecule has 0 aromatic heterocycles. The summed E-state index contributed by atoms with van der Waals surface area (Å²) in [5, 5.41) is 2.48. The third kappa shape index (κ3) is 4.54. The molecule has 4 saturated carbocycles. The first-order valence-electron chi connectivity index (χ1n) is 11.2. The number of hydrogen-bond donors (Lipinski definition) is 0. The van der Waals surface area contributed by atoms with Gasteiger partial charge in [0.2, 0.25) is 0 Å². The van der Waals surface area contributed by atoms with Crippen molar-refractivity contribution in [3.05, 3.63) is 42.5 Å². The molecular weight excluding hydrogens is 344 g/mol. The van der Waals surface area contributed by atoms with E-state index in [0.717, 1.165) is 23.5 Å². The number of ether oxygens (including phenoxy) is 2. The van der Waals surface area contributed by atoms with Crippen LogP contribution in [0, 0.1) is 17.8 Å². The third-order valence-electron chi connectivity index (χ3n) is 6.56. The molecule has 6 rings (SSSR count). The van der Waals surface area contributed by atoms with Crippen LogP contribution in [0.25, 0.3) is 10.8 Å². The quantitative estimate of drug-likeness (QED) is 0.568. The highest BCUT2D eigenvalue weighted by Crippen LogP contribution is 2.57. The zero-order valence-corrected chi connectivity index (χ0v) is 18.0. The molecule has 152 valence electrons. The first-order valence-corrected chi connectivity index (χ1v) is 11.2. The molecule has 0 saturated heterocycles. The van der Waals surface area contributed by atoms with Gasteiger partial charge in [-0.2, -0.15) is 0 Å². The van der Waals surface area contributed by atoms with E-state index in [4.69, 9.17) is 9.47 Å². The highest BCUT2D eigenvalue weighted by atomic mass is 16.5. The Hall–Kier alpha value is -1.54. The van der Waals surface area contributed by atoms with Crippen LogP contribution in [0.1, 0.15) is 66.2 Å². The molecule has 0 spiro atoms. The normalized spacial score (nSPS) is 30.6. The highest BCUT2D eigenvalue weighted by Gasteiger charge is 2.51. The van der Waals surface area contributed by atoms with E-state index in [1.807, 2.05) is 32.0 Å². The van der Waals surface area contributed by atoms with Gasteiger partial charge in [-0.25, -0.2) is 0 Å². The van der Waals surface area contributed by atoms with E-state index in [9.17, 15) is 0 Å². The Bertz CT molecular complexity index is 751. The summed E-state index contributed by atoms with van der Waals surface area (Å²) in [5.74, 6) is 3.98. The number of rotatable bonds is 4. The molecule has 0 radical (unpaired) electrons. The van der Waals surface area contributed by atoms with Gasteiger partial charge in [-0.15, -0.1) is 0 Å². The predicted molar refractivity (Wildman–Crippen MR) is 117 cm³/mol.